The van der Waals surface area contributed by atoms with Crippen LogP contribution in [0.2, 0.25) is 0 Å². The zero-order valence-electron chi connectivity index (χ0n) is 14.0. The number of hydrogen-bond donors (Lipinski definition) is 0. The fourth-order valence-corrected chi connectivity index (χ4v) is 2.71. The molecule has 2 aromatic carbocycles. The normalized spacial score (nSPS) is 10.2. The minimum atomic E-state index is -0.0933. The summed E-state index contributed by atoms with van der Waals surface area (Å²) < 4.78 is 22.5. The molecule has 0 bridgehead atoms. The molecule has 0 aliphatic heterocycles. The van der Waals surface area contributed by atoms with Gasteiger partial charge in [-0.05, 0) is 53.2 Å². The Hall–Kier alpha value is -2.21. The monoisotopic (exact) mass is 394 g/mol. The SMILES string of the molecule is COc1ccc(OCc2cc(OC)c(Br)cc2OC)c(C(C)=O)c1. The van der Waals surface area contributed by atoms with Crippen molar-refractivity contribution >= 4 is 21.7 Å². The predicted molar refractivity (Wildman–Crippen MR) is 94.6 cm³/mol. The number of carbonyl (C=O) groups excluding carboxylic acids is 1. The van der Waals surface area contributed by atoms with Crippen LogP contribution in [0.25, 0.3) is 0 Å². The number of rotatable bonds is 7. The Bertz CT molecular complexity index is 742. The van der Waals surface area contributed by atoms with E-state index in [0.717, 1.165) is 10.0 Å². The maximum absolute atomic E-state index is 11.8. The third-order valence-corrected chi connectivity index (χ3v) is 4.12. The number of halogens is 1. The van der Waals surface area contributed by atoms with E-state index in [-0.39, 0.29) is 12.4 Å². The average Bonchev–Trinajstić information content (AvgIpc) is 2.59. The van der Waals surface area contributed by atoms with Gasteiger partial charge in [0.25, 0.3) is 0 Å². The molecule has 0 saturated carbocycles. The van der Waals surface area contributed by atoms with Gasteiger partial charge < -0.3 is 18.9 Å². The van der Waals surface area contributed by atoms with Crippen molar-refractivity contribution in [3.63, 3.8) is 0 Å². The Morgan fingerprint density at radius 3 is 2.25 bits per heavy atom. The number of ether oxygens (including phenoxy) is 4. The molecule has 0 unspecified atom stereocenters. The molecule has 0 radical (unpaired) electrons. The highest BCUT2D eigenvalue weighted by molar-refractivity contribution is 9.10. The predicted octanol–water partition coefficient (Wildman–Crippen LogP) is 4.26. The first kappa shape index (κ1) is 18.1. The molecule has 24 heavy (non-hydrogen) atoms. The summed E-state index contributed by atoms with van der Waals surface area (Å²) in [5, 5.41) is 0. The van der Waals surface area contributed by atoms with Crippen LogP contribution in [0.5, 0.6) is 23.0 Å². The average molecular weight is 395 g/mol. The van der Waals surface area contributed by atoms with E-state index < -0.39 is 0 Å². The van der Waals surface area contributed by atoms with Gasteiger partial charge in [0.15, 0.2) is 5.78 Å². The highest BCUT2D eigenvalue weighted by Gasteiger charge is 2.14. The van der Waals surface area contributed by atoms with Crippen LogP contribution in [0.3, 0.4) is 0 Å². The summed E-state index contributed by atoms with van der Waals surface area (Å²) in [6, 6.07) is 8.79. The molecule has 0 amide bonds. The molecule has 5 nitrogen and oxygen atoms in total. The van der Waals surface area contributed by atoms with Crippen LogP contribution in [0, 0.1) is 0 Å². The zero-order valence-corrected chi connectivity index (χ0v) is 15.6. The van der Waals surface area contributed by atoms with E-state index in [0.29, 0.717) is 28.6 Å². The lowest BCUT2D eigenvalue weighted by atomic mass is 10.1. The standard InChI is InChI=1S/C18H19BrO5/c1-11(20)14-8-13(21-2)5-6-16(14)24-10-12-7-18(23-4)15(19)9-17(12)22-3/h5-9H,10H2,1-4H3. The van der Waals surface area contributed by atoms with E-state index >= 15 is 0 Å². The molecule has 128 valence electrons. The van der Waals surface area contributed by atoms with Crippen molar-refractivity contribution < 1.29 is 23.7 Å². The van der Waals surface area contributed by atoms with Gasteiger partial charge in [-0.25, -0.2) is 0 Å². The molecule has 0 fully saturated rings. The lowest BCUT2D eigenvalue weighted by Gasteiger charge is -2.15. The third-order valence-electron chi connectivity index (χ3n) is 3.50. The largest absolute Gasteiger partial charge is 0.497 e. The van der Waals surface area contributed by atoms with Gasteiger partial charge in [-0.15, -0.1) is 0 Å². The topological polar surface area (TPSA) is 54.0 Å². The molecule has 0 aliphatic carbocycles. The number of methoxy groups -OCH3 is 3. The first-order chi connectivity index (χ1) is 11.5. The van der Waals surface area contributed by atoms with E-state index in [1.807, 2.05) is 12.1 Å². The Morgan fingerprint density at radius 2 is 1.67 bits per heavy atom. The second kappa shape index (κ2) is 8.06. The summed E-state index contributed by atoms with van der Waals surface area (Å²) >= 11 is 3.42. The maximum Gasteiger partial charge on any atom is 0.163 e. The maximum atomic E-state index is 11.8. The second-order valence-electron chi connectivity index (χ2n) is 5.01. The summed E-state index contributed by atoms with van der Waals surface area (Å²) in [7, 11) is 4.74. The van der Waals surface area contributed by atoms with Gasteiger partial charge >= 0.3 is 0 Å². The first-order valence-corrected chi connectivity index (χ1v) is 8.01. The van der Waals surface area contributed by atoms with Gasteiger partial charge in [-0.3, -0.25) is 4.79 Å². The second-order valence-corrected chi connectivity index (χ2v) is 5.86. The van der Waals surface area contributed by atoms with Gasteiger partial charge in [-0.2, -0.15) is 0 Å². The molecule has 0 N–H and O–H groups in total. The van der Waals surface area contributed by atoms with E-state index in [4.69, 9.17) is 18.9 Å². The molecule has 0 atom stereocenters. The van der Waals surface area contributed by atoms with Crippen molar-refractivity contribution in [1.29, 1.82) is 0 Å². The molecule has 0 aliphatic rings. The number of Topliss-reactive ketones (excluding diaryl/α,β-unsaturated/α-hetero) is 1. The van der Waals surface area contributed by atoms with Gasteiger partial charge in [-0.1, -0.05) is 0 Å². The Labute approximate surface area is 149 Å². The highest BCUT2D eigenvalue weighted by atomic mass is 79.9. The molecular formula is C18H19BrO5. The fourth-order valence-electron chi connectivity index (χ4n) is 2.23. The van der Waals surface area contributed by atoms with Crippen LogP contribution in [0.1, 0.15) is 22.8 Å². The van der Waals surface area contributed by atoms with Crippen LogP contribution in [0.15, 0.2) is 34.8 Å². The number of ketones is 1. The number of benzene rings is 2. The van der Waals surface area contributed by atoms with Crippen molar-refractivity contribution in [3.05, 3.63) is 45.9 Å². The highest BCUT2D eigenvalue weighted by Crippen LogP contribution is 2.34. The Morgan fingerprint density at radius 1 is 0.958 bits per heavy atom. The van der Waals surface area contributed by atoms with Crippen LogP contribution in [-0.2, 0) is 6.61 Å². The van der Waals surface area contributed by atoms with Gasteiger partial charge in [0.1, 0.15) is 29.6 Å². The van der Waals surface area contributed by atoms with Crippen LogP contribution >= 0.6 is 15.9 Å². The molecule has 0 saturated heterocycles. The molecule has 2 aromatic rings. The van der Waals surface area contributed by atoms with E-state index in [1.54, 1.807) is 39.5 Å². The van der Waals surface area contributed by atoms with E-state index in [1.165, 1.54) is 6.92 Å². The first-order valence-electron chi connectivity index (χ1n) is 7.22. The fraction of sp³-hybridized carbons (Fsp3) is 0.278. The molecule has 0 spiro atoms. The summed E-state index contributed by atoms with van der Waals surface area (Å²) in [4.78, 5) is 11.8. The van der Waals surface area contributed by atoms with Crippen molar-refractivity contribution in [2.75, 3.05) is 21.3 Å². The van der Waals surface area contributed by atoms with Gasteiger partial charge in [0.2, 0.25) is 0 Å². The Balaban J connectivity index is 2.29. The van der Waals surface area contributed by atoms with Gasteiger partial charge in [0, 0.05) is 5.56 Å². The van der Waals surface area contributed by atoms with Crippen molar-refractivity contribution in [3.8, 4) is 23.0 Å². The smallest absolute Gasteiger partial charge is 0.163 e. The molecule has 0 heterocycles. The third kappa shape index (κ3) is 4.00. The summed E-state index contributed by atoms with van der Waals surface area (Å²) in [5.41, 5.74) is 1.28. The van der Waals surface area contributed by atoms with Crippen molar-refractivity contribution in [2.24, 2.45) is 0 Å². The Kier molecular flexibility index (Phi) is 6.09. The van der Waals surface area contributed by atoms with Crippen LogP contribution < -0.4 is 18.9 Å². The minimum absolute atomic E-state index is 0.0933. The summed E-state index contributed by atoms with van der Waals surface area (Å²) in [6.45, 7) is 1.73. The summed E-state index contributed by atoms with van der Waals surface area (Å²) in [6.07, 6.45) is 0. The molecule has 0 aromatic heterocycles. The minimum Gasteiger partial charge on any atom is -0.497 e. The zero-order chi connectivity index (χ0) is 17.7. The lowest BCUT2D eigenvalue weighted by Crippen LogP contribution is -2.04. The number of carbonyl (C=O) groups is 1. The molecule has 6 heteroatoms. The lowest BCUT2D eigenvalue weighted by molar-refractivity contribution is 0.101. The molecular weight excluding hydrogens is 376 g/mol. The quantitative estimate of drug-likeness (QED) is 0.656. The number of hydrogen-bond acceptors (Lipinski definition) is 5. The van der Waals surface area contributed by atoms with Crippen molar-refractivity contribution in [1.82, 2.24) is 0 Å². The van der Waals surface area contributed by atoms with E-state index in [2.05, 4.69) is 15.9 Å². The molecule has 2 rings (SSSR count). The van der Waals surface area contributed by atoms with Crippen LogP contribution in [-0.4, -0.2) is 27.1 Å². The summed E-state index contributed by atoms with van der Waals surface area (Å²) in [5.74, 6) is 2.35. The van der Waals surface area contributed by atoms with Crippen LogP contribution in [0.4, 0.5) is 0 Å². The van der Waals surface area contributed by atoms with E-state index in [9.17, 15) is 4.79 Å². The van der Waals surface area contributed by atoms with Gasteiger partial charge in [0.05, 0.1) is 31.4 Å². The van der Waals surface area contributed by atoms with Crippen molar-refractivity contribution in [2.45, 2.75) is 13.5 Å².